The van der Waals surface area contributed by atoms with Crippen LogP contribution in [0.4, 0.5) is 5.69 Å². The Bertz CT molecular complexity index is 542. The molecule has 0 fully saturated rings. The lowest BCUT2D eigenvalue weighted by Crippen LogP contribution is -2.02. The molecule has 2 aromatic rings. The second kappa shape index (κ2) is 3.87. The highest BCUT2D eigenvalue weighted by Gasteiger charge is 2.14. The molecule has 2 heterocycles. The Hall–Kier alpha value is -1.84. The fourth-order valence-corrected chi connectivity index (χ4v) is 2.27. The molecule has 1 N–H and O–H groups in total. The summed E-state index contributed by atoms with van der Waals surface area (Å²) in [7, 11) is 0. The maximum atomic E-state index is 4.18. The quantitative estimate of drug-likeness (QED) is 0.858. The molecule has 17 heavy (non-hydrogen) atoms. The molecular weight excluding hydrogens is 212 g/mol. The molecule has 0 atom stereocenters. The van der Waals surface area contributed by atoms with Crippen LogP contribution in [0.15, 0.2) is 24.5 Å². The summed E-state index contributed by atoms with van der Waals surface area (Å²) in [4.78, 5) is 0. The highest BCUT2D eigenvalue weighted by Crippen LogP contribution is 2.26. The molecule has 1 aliphatic heterocycles. The largest absolute Gasteiger partial charge is 0.384 e. The first-order valence-electron chi connectivity index (χ1n) is 6.03. The fourth-order valence-electron chi connectivity index (χ4n) is 2.27. The van der Waals surface area contributed by atoms with Gasteiger partial charge in [0.15, 0.2) is 0 Å². The Morgan fingerprint density at radius 2 is 2.24 bits per heavy atom. The molecule has 0 spiro atoms. The Morgan fingerprint density at radius 1 is 1.35 bits per heavy atom. The highest BCUT2D eigenvalue weighted by atomic mass is 15.3. The molecule has 1 aliphatic rings. The summed E-state index contributed by atoms with van der Waals surface area (Å²) in [6, 6.07) is 6.51. The number of hydrogen-bond donors (Lipinski definition) is 1. The second-order valence-electron chi connectivity index (χ2n) is 4.73. The molecule has 88 valence electrons. The van der Waals surface area contributed by atoms with Crippen LogP contribution >= 0.6 is 0 Å². The molecule has 0 saturated carbocycles. The van der Waals surface area contributed by atoms with E-state index in [0.717, 1.165) is 24.5 Å². The number of nitrogens with zero attached hydrogens (tertiary/aromatic N) is 3. The van der Waals surface area contributed by atoms with Crippen LogP contribution in [-0.4, -0.2) is 21.3 Å². The van der Waals surface area contributed by atoms with Crippen molar-refractivity contribution >= 4 is 5.69 Å². The van der Waals surface area contributed by atoms with Gasteiger partial charge in [0.2, 0.25) is 0 Å². The molecule has 3 rings (SSSR count). The minimum atomic E-state index is 0.374. The third-order valence-electron chi connectivity index (χ3n) is 3.17. The van der Waals surface area contributed by atoms with E-state index in [1.807, 2.05) is 0 Å². The number of rotatable bonds is 2. The number of fused-ring (bicyclic) bond motifs is 1. The van der Waals surface area contributed by atoms with Crippen LogP contribution in [-0.2, 0) is 6.42 Å². The van der Waals surface area contributed by atoms with Crippen molar-refractivity contribution in [1.82, 2.24) is 14.8 Å². The average Bonchev–Trinajstić information content (AvgIpc) is 2.96. The molecule has 1 aromatic heterocycles. The molecule has 4 heteroatoms. The van der Waals surface area contributed by atoms with E-state index in [1.165, 1.54) is 11.3 Å². The van der Waals surface area contributed by atoms with Gasteiger partial charge in [-0.3, -0.25) is 4.57 Å². The minimum absolute atomic E-state index is 0.374. The van der Waals surface area contributed by atoms with E-state index in [-0.39, 0.29) is 0 Å². The molecule has 0 bridgehead atoms. The smallest absolute Gasteiger partial charge is 0.139 e. The van der Waals surface area contributed by atoms with Crippen molar-refractivity contribution in [1.29, 1.82) is 0 Å². The van der Waals surface area contributed by atoms with E-state index in [0.29, 0.717) is 5.92 Å². The molecule has 0 amide bonds. The Balaban J connectivity index is 2.06. The number of hydrogen-bond acceptors (Lipinski definition) is 3. The molecule has 0 radical (unpaired) electrons. The van der Waals surface area contributed by atoms with Crippen LogP contribution < -0.4 is 5.32 Å². The number of nitrogens with one attached hydrogen (secondary N) is 1. The van der Waals surface area contributed by atoms with Crippen LogP contribution in [0.5, 0.6) is 0 Å². The summed E-state index contributed by atoms with van der Waals surface area (Å²) >= 11 is 0. The van der Waals surface area contributed by atoms with Crippen LogP contribution in [0.1, 0.15) is 31.2 Å². The molecule has 0 unspecified atom stereocenters. The minimum Gasteiger partial charge on any atom is -0.384 e. The topological polar surface area (TPSA) is 42.7 Å². The lowest BCUT2D eigenvalue weighted by Gasteiger charge is -2.10. The van der Waals surface area contributed by atoms with Crippen molar-refractivity contribution in [3.63, 3.8) is 0 Å². The van der Waals surface area contributed by atoms with E-state index in [4.69, 9.17) is 0 Å². The molecule has 1 aromatic carbocycles. The van der Waals surface area contributed by atoms with Crippen LogP contribution in [0.3, 0.4) is 0 Å². The normalized spacial score (nSPS) is 13.8. The van der Waals surface area contributed by atoms with Gasteiger partial charge in [0.25, 0.3) is 0 Å². The summed E-state index contributed by atoms with van der Waals surface area (Å²) in [5.74, 6) is 1.38. The predicted molar refractivity (Wildman–Crippen MR) is 67.6 cm³/mol. The summed E-state index contributed by atoms with van der Waals surface area (Å²) in [6.07, 6.45) is 2.90. The number of aromatic nitrogens is 3. The van der Waals surface area contributed by atoms with Crippen LogP contribution in [0, 0.1) is 0 Å². The monoisotopic (exact) mass is 228 g/mol. The zero-order chi connectivity index (χ0) is 11.8. The van der Waals surface area contributed by atoms with Gasteiger partial charge < -0.3 is 5.32 Å². The van der Waals surface area contributed by atoms with Gasteiger partial charge in [-0.05, 0) is 24.1 Å². The van der Waals surface area contributed by atoms with Crippen molar-refractivity contribution in [2.45, 2.75) is 26.2 Å². The zero-order valence-electron chi connectivity index (χ0n) is 10.1. The summed E-state index contributed by atoms with van der Waals surface area (Å²) in [5, 5.41) is 11.6. The predicted octanol–water partition coefficient (Wildman–Crippen LogP) is 2.36. The van der Waals surface area contributed by atoms with E-state index >= 15 is 0 Å². The Labute approximate surface area is 101 Å². The first-order valence-corrected chi connectivity index (χ1v) is 6.03. The zero-order valence-corrected chi connectivity index (χ0v) is 10.1. The lowest BCUT2D eigenvalue weighted by atomic mass is 10.1. The maximum Gasteiger partial charge on any atom is 0.139 e. The van der Waals surface area contributed by atoms with Gasteiger partial charge in [-0.15, -0.1) is 10.2 Å². The first kappa shape index (κ1) is 10.3. The van der Waals surface area contributed by atoms with Crippen LogP contribution in [0.25, 0.3) is 5.69 Å². The Kier molecular flexibility index (Phi) is 2.35. The molecule has 0 saturated heterocycles. The SMILES string of the molecule is CC(C)c1nncn1-c1ccc2c(c1)NCC2. The van der Waals surface area contributed by atoms with Crippen molar-refractivity contribution in [2.75, 3.05) is 11.9 Å². The fraction of sp³-hybridized carbons (Fsp3) is 0.385. The number of benzene rings is 1. The van der Waals surface area contributed by atoms with Gasteiger partial charge in [0.1, 0.15) is 12.2 Å². The van der Waals surface area contributed by atoms with Gasteiger partial charge in [-0.2, -0.15) is 0 Å². The average molecular weight is 228 g/mol. The summed E-state index contributed by atoms with van der Waals surface area (Å²) in [5.41, 5.74) is 3.77. The standard InChI is InChI=1S/C13H16N4/c1-9(2)13-16-15-8-17(13)11-4-3-10-5-6-14-12(10)7-11/h3-4,7-9,14H,5-6H2,1-2H3. The maximum absolute atomic E-state index is 4.18. The van der Waals surface area contributed by atoms with Crippen molar-refractivity contribution in [3.8, 4) is 5.69 Å². The Morgan fingerprint density at radius 3 is 3.06 bits per heavy atom. The third-order valence-corrected chi connectivity index (χ3v) is 3.17. The van der Waals surface area contributed by atoms with Crippen molar-refractivity contribution in [3.05, 3.63) is 35.9 Å². The van der Waals surface area contributed by atoms with Gasteiger partial charge in [0.05, 0.1) is 5.69 Å². The van der Waals surface area contributed by atoms with E-state index < -0.39 is 0 Å². The van der Waals surface area contributed by atoms with Crippen LogP contribution in [0.2, 0.25) is 0 Å². The summed E-state index contributed by atoms with van der Waals surface area (Å²) in [6.45, 7) is 5.30. The van der Waals surface area contributed by atoms with Gasteiger partial charge in [-0.1, -0.05) is 19.9 Å². The van der Waals surface area contributed by atoms with Gasteiger partial charge in [-0.25, -0.2) is 0 Å². The van der Waals surface area contributed by atoms with Gasteiger partial charge in [0, 0.05) is 18.2 Å². The summed E-state index contributed by atoms with van der Waals surface area (Å²) < 4.78 is 2.06. The van der Waals surface area contributed by atoms with E-state index in [9.17, 15) is 0 Å². The van der Waals surface area contributed by atoms with Gasteiger partial charge >= 0.3 is 0 Å². The van der Waals surface area contributed by atoms with E-state index in [2.05, 4.69) is 52.1 Å². The highest BCUT2D eigenvalue weighted by molar-refractivity contribution is 5.60. The van der Waals surface area contributed by atoms with Crippen molar-refractivity contribution in [2.24, 2.45) is 0 Å². The second-order valence-corrected chi connectivity index (χ2v) is 4.73. The molecular formula is C13H16N4. The number of anilines is 1. The van der Waals surface area contributed by atoms with E-state index in [1.54, 1.807) is 6.33 Å². The molecule has 4 nitrogen and oxygen atoms in total. The van der Waals surface area contributed by atoms with Crippen molar-refractivity contribution < 1.29 is 0 Å². The first-order chi connectivity index (χ1) is 8.25. The molecule has 0 aliphatic carbocycles. The third kappa shape index (κ3) is 1.69. The lowest BCUT2D eigenvalue weighted by molar-refractivity contribution is 0.745.